The van der Waals surface area contributed by atoms with Gasteiger partial charge in [0.25, 0.3) is 11.6 Å². The van der Waals surface area contributed by atoms with Gasteiger partial charge in [0.05, 0.1) is 33.1 Å². The monoisotopic (exact) mass is 480 g/mol. The van der Waals surface area contributed by atoms with Gasteiger partial charge in [-0.3, -0.25) is 19.6 Å². The summed E-state index contributed by atoms with van der Waals surface area (Å²) in [7, 11) is 0. The second-order valence-corrected chi connectivity index (χ2v) is 8.09. The fourth-order valence-electron chi connectivity index (χ4n) is 3.34. The second kappa shape index (κ2) is 9.36. The predicted octanol–water partition coefficient (Wildman–Crippen LogP) is 5.12. The number of amides is 1. The maximum atomic E-state index is 12.8. The van der Waals surface area contributed by atoms with E-state index < -0.39 is 10.8 Å². The minimum absolute atomic E-state index is 0.139. The zero-order valence-electron chi connectivity index (χ0n) is 18.7. The van der Waals surface area contributed by atoms with Crippen LogP contribution in [0.1, 0.15) is 27.4 Å². The van der Waals surface area contributed by atoms with Crippen LogP contribution in [0.5, 0.6) is 11.5 Å². The molecule has 0 saturated heterocycles. The number of hydrogen-bond donors (Lipinski definition) is 1. The van der Waals surface area contributed by atoms with Gasteiger partial charge in [-0.1, -0.05) is 23.7 Å². The summed E-state index contributed by atoms with van der Waals surface area (Å²) in [4.78, 5) is 23.6. The van der Waals surface area contributed by atoms with Gasteiger partial charge >= 0.3 is 0 Å². The van der Waals surface area contributed by atoms with Crippen LogP contribution >= 0.6 is 11.6 Å². The number of carbonyl (C=O) groups excluding carboxylic acids is 1. The van der Waals surface area contributed by atoms with E-state index in [9.17, 15) is 14.9 Å². The van der Waals surface area contributed by atoms with Gasteiger partial charge in [0.1, 0.15) is 18.2 Å². The first-order chi connectivity index (χ1) is 16.2. The van der Waals surface area contributed by atoms with Crippen LogP contribution in [0.15, 0.2) is 54.7 Å². The van der Waals surface area contributed by atoms with Crippen molar-refractivity contribution in [3.05, 3.63) is 92.5 Å². The van der Waals surface area contributed by atoms with Gasteiger partial charge in [-0.15, -0.1) is 0 Å². The number of hydrogen-bond acceptors (Lipinski definition) is 6. The number of anilines is 1. The molecule has 0 fully saturated rings. The lowest BCUT2D eigenvalue weighted by molar-refractivity contribution is -0.384. The number of rotatable bonds is 7. The number of nitro benzene ring substituents is 1. The van der Waals surface area contributed by atoms with Gasteiger partial charge in [-0.05, 0) is 44.5 Å². The molecule has 0 radical (unpaired) electrons. The Bertz CT molecular complexity index is 1390. The fourth-order valence-corrected chi connectivity index (χ4v) is 3.48. The Balaban J connectivity index is 1.52. The van der Waals surface area contributed by atoms with Crippen LogP contribution in [-0.4, -0.2) is 30.4 Å². The molecule has 4 rings (SSSR count). The van der Waals surface area contributed by atoms with Gasteiger partial charge in [0.15, 0.2) is 5.69 Å². The van der Waals surface area contributed by atoms with Crippen molar-refractivity contribution in [1.29, 1.82) is 0 Å². The number of benzene rings is 2. The van der Waals surface area contributed by atoms with Crippen molar-refractivity contribution in [2.24, 2.45) is 0 Å². The largest absolute Gasteiger partial charge is 0.457 e. The summed E-state index contributed by atoms with van der Waals surface area (Å²) >= 11 is 6.18. The number of nitrogens with zero attached hydrogens (tertiary/aromatic N) is 5. The Morgan fingerprint density at radius 3 is 2.59 bits per heavy atom. The topological polar surface area (TPSA) is 117 Å². The third-order valence-corrected chi connectivity index (χ3v) is 5.58. The van der Waals surface area contributed by atoms with Crippen molar-refractivity contribution in [2.75, 3.05) is 5.32 Å². The molecule has 10 nitrogen and oxygen atoms in total. The summed E-state index contributed by atoms with van der Waals surface area (Å²) in [6, 6.07) is 12.9. The van der Waals surface area contributed by atoms with Crippen LogP contribution in [0, 0.1) is 30.9 Å². The normalized spacial score (nSPS) is 10.8. The average Bonchev–Trinajstić information content (AvgIpc) is 3.34. The van der Waals surface area contributed by atoms with Gasteiger partial charge < -0.3 is 10.1 Å². The molecule has 4 aromatic rings. The first-order valence-corrected chi connectivity index (χ1v) is 10.7. The number of nitrogens with one attached hydrogen (secondary N) is 1. The van der Waals surface area contributed by atoms with Crippen LogP contribution in [0.2, 0.25) is 5.02 Å². The molecule has 0 bridgehead atoms. The standard InChI is InChI=1S/C23H21ClN6O4/c1-14-5-4-6-19(9-14)34-20-11-17(10-18(12-20)30(32)33)25-23(31)21-7-8-28(27-21)13-29-16(3)22(24)15(2)26-29/h4-12H,13H2,1-3H3,(H,25,31). The molecule has 174 valence electrons. The average molecular weight is 481 g/mol. The summed E-state index contributed by atoms with van der Waals surface area (Å²) in [5.74, 6) is 0.231. The lowest BCUT2D eigenvalue weighted by atomic mass is 10.2. The maximum Gasteiger partial charge on any atom is 0.276 e. The highest BCUT2D eigenvalue weighted by molar-refractivity contribution is 6.31. The third kappa shape index (κ3) is 5.07. The van der Waals surface area contributed by atoms with E-state index in [-0.39, 0.29) is 29.5 Å². The maximum absolute atomic E-state index is 12.8. The summed E-state index contributed by atoms with van der Waals surface area (Å²) in [6.07, 6.45) is 1.64. The Hall–Kier alpha value is -4.18. The van der Waals surface area contributed by atoms with Gasteiger partial charge in [0.2, 0.25) is 0 Å². The number of aryl methyl sites for hydroxylation is 2. The number of non-ortho nitro benzene ring substituents is 1. The van der Waals surface area contributed by atoms with Crippen LogP contribution in [0.3, 0.4) is 0 Å². The van der Waals surface area contributed by atoms with Crippen molar-refractivity contribution in [3.8, 4) is 11.5 Å². The van der Waals surface area contributed by atoms with E-state index in [1.807, 2.05) is 32.9 Å². The Labute approximate surface area is 199 Å². The molecular formula is C23H21ClN6O4. The smallest absolute Gasteiger partial charge is 0.276 e. The molecule has 1 N–H and O–H groups in total. The van der Waals surface area contributed by atoms with E-state index >= 15 is 0 Å². The van der Waals surface area contributed by atoms with Crippen LogP contribution in [0.25, 0.3) is 0 Å². The quantitative estimate of drug-likeness (QED) is 0.290. The molecule has 11 heteroatoms. The summed E-state index contributed by atoms with van der Waals surface area (Å²) in [5, 5.41) is 23.3. The zero-order chi connectivity index (χ0) is 24.4. The highest BCUT2D eigenvalue weighted by Crippen LogP contribution is 2.30. The molecule has 2 aromatic heterocycles. The summed E-state index contributed by atoms with van der Waals surface area (Å²) < 4.78 is 9.00. The molecule has 0 aliphatic carbocycles. The molecule has 1 amide bonds. The van der Waals surface area contributed by atoms with E-state index in [0.717, 1.165) is 11.3 Å². The van der Waals surface area contributed by atoms with E-state index in [4.69, 9.17) is 16.3 Å². The van der Waals surface area contributed by atoms with Crippen molar-refractivity contribution in [3.63, 3.8) is 0 Å². The van der Waals surface area contributed by atoms with Crippen LogP contribution < -0.4 is 10.1 Å². The molecule has 2 aromatic carbocycles. The predicted molar refractivity (Wildman–Crippen MR) is 127 cm³/mol. The number of aromatic nitrogens is 4. The van der Waals surface area contributed by atoms with Gasteiger partial charge in [-0.2, -0.15) is 10.2 Å². The zero-order valence-corrected chi connectivity index (χ0v) is 19.4. The highest BCUT2D eigenvalue weighted by Gasteiger charge is 2.16. The van der Waals surface area contributed by atoms with Gasteiger partial charge in [-0.25, -0.2) is 4.68 Å². The number of carbonyl (C=O) groups is 1. The van der Waals surface area contributed by atoms with E-state index in [1.165, 1.54) is 18.2 Å². The molecule has 34 heavy (non-hydrogen) atoms. The van der Waals surface area contributed by atoms with E-state index in [1.54, 1.807) is 33.8 Å². The fraction of sp³-hybridized carbons (Fsp3) is 0.174. The molecule has 0 aliphatic rings. The summed E-state index contributed by atoms with van der Waals surface area (Å²) in [6.45, 7) is 5.84. The minimum atomic E-state index is -0.549. The van der Waals surface area contributed by atoms with Crippen molar-refractivity contribution < 1.29 is 14.5 Å². The number of ether oxygens (including phenoxy) is 1. The van der Waals surface area contributed by atoms with Crippen molar-refractivity contribution >= 4 is 28.9 Å². The Morgan fingerprint density at radius 2 is 1.91 bits per heavy atom. The first-order valence-electron chi connectivity index (χ1n) is 10.3. The molecule has 0 atom stereocenters. The van der Waals surface area contributed by atoms with Crippen molar-refractivity contribution in [1.82, 2.24) is 19.6 Å². The molecule has 0 unspecified atom stereocenters. The lowest BCUT2D eigenvalue weighted by Crippen LogP contribution is -2.15. The Morgan fingerprint density at radius 1 is 1.12 bits per heavy atom. The van der Waals surface area contributed by atoms with Gasteiger partial charge in [0, 0.05) is 18.3 Å². The Kier molecular flexibility index (Phi) is 6.33. The van der Waals surface area contributed by atoms with Crippen molar-refractivity contribution in [2.45, 2.75) is 27.4 Å². The van der Waals surface area contributed by atoms with E-state index in [2.05, 4.69) is 15.5 Å². The highest BCUT2D eigenvalue weighted by atomic mass is 35.5. The second-order valence-electron chi connectivity index (χ2n) is 7.71. The molecule has 0 saturated carbocycles. The minimum Gasteiger partial charge on any atom is -0.457 e. The van der Waals surface area contributed by atoms with E-state index in [0.29, 0.717) is 16.5 Å². The molecular weight excluding hydrogens is 460 g/mol. The lowest BCUT2D eigenvalue weighted by Gasteiger charge is -2.09. The SMILES string of the molecule is Cc1cccc(Oc2cc(NC(=O)c3ccn(Cn4nc(C)c(Cl)c4C)n3)cc([N+](=O)[O-])c2)c1. The van der Waals surface area contributed by atoms with Crippen LogP contribution in [-0.2, 0) is 6.67 Å². The molecule has 0 aliphatic heterocycles. The number of nitro groups is 1. The summed E-state index contributed by atoms with van der Waals surface area (Å²) in [5.41, 5.74) is 2.61. The molecule has 2 heterocycles. The third-order valence-electron chi connectivity index (χ3n) is 5.03. The molecule has 0 spiro atoms. The first kappa shape index (κ1) is 23.0. The van der Waals surface area contributed by atoms with Crippen LogP contribution in [0.4, 0.5) is 11.4 Å². The number of halogens is 1.